The lowest BCUT2D eigenvalue weighted by Crippen LogP contribution is -2.56. The van der Waals surface area contributed by atoms with Crippen molar-refractivity contribution in [2.24, 2.45) is 5.92 Å². The molecule has 1 aliphatic carbocycles. The molecule has 2 amide bonds. The molecule has 1 saturated heterocycles. The molecular weight excluding hydrogens is 244 g/mol. The maximum Gasteiger partial charge on any atom is 0.248 e. The molecule has 5 nitrogen and oxygen atoms in total. The Balaban J connectivity index is 1.83. The Labute approximate surface area is 111 Å². The second-order valence-electron chi connectivity index (χ2n) is 5.63. The number of hydrogen-bond donors (Lipinski definition) is 1. The largest absolute Gasteiger partial charge is 0.472 e. The van der Waals surface area contributed by atoms with E-state index in [1.807, 2.05) is 13.0 Å². The third-order valence-electron chi connectivity index (χ3n) is 4.09. The molecule has 0 radical (unpaired) electrons. The Morgan fingerprint density at radius 2 is 2.26 bits per heavy atom. The summed E-state index contributed by atoms with van der Waals surface area (Å²) in [6, 6.07) is 1.85. The van der Waals surface area contributed by atoms with Crippen molar-refractivity contribution in [2.45, 2.75) is 38.3 Å². The molecule has 1 aromatic rings. The van der Waals surface area contributed by atoms with Gasteiger partial charge in [0.1, 0.15) is 5.54 Å². The summed E-state index contributed by atoms with van der Waals surface area (Å²) in [5.74, 6) is 0.286. The quantitative estimate of drug-likeness (QED) is 0.893. The maximum absolute atomic E-state index is 12.7. The van der Waals surface area contributed by atoms with Crippen LogP contribution < -0.4 is 5.32 Å². The van der Waals surface area contributed by atoms with Crippen LogP contribution >= 0.6 is 0 Å². The van der Waals surface area contributed by atoms with Gasteiger partial charge in [0.2, 0.25) is 11.8 Å². The molecule has 19 heavy (non-hydrogen) atoms. The van der Waals surface area contributed by atoms with E-state index in [2.05, 4.69) is 5.32 Å². The molecule has 2 aliphatic rings. The number of amides is 2. The molecule has 2 fully saturated rings. The van der Waals surface area contributed by atoms with Crippen LogP contribution in [-0.2, 0) is 16.1 Å². The van der Waals surface area contributed by atoms with E-state index in [-0.39, 0.29) is 17.7 Å². The van der Waals surface area contributed by atoms with Gasteiger partial charge in [0, 0.05) is 25.1 Å². The predicted octanol–water partition coefficient (Wildman–Crippen LogP) is 1.30. The molecule has 0 spiro atoms. The predicted molar refractivity (Wildman–Crippen MR) is 68.0 cm³/mol. The highest BCUT2D eigenvalue weighted by Gasteiger charge is 2.50. The summed E-state index contributed by atoms with van der Waals surface area (Å²) >= 11 is 0. The normalized spacial score (nSPS) is 28.2. The Morgan fingerprint density at radius 1 is 1.47 bits per heavy atom. The van der Waals surface area contributed by atoms with Crippen LogP contribution in [0.4, 0.5) is 0 Å². The summed E-state index contributed by atoms with van der Waals surface area (Å²) in [6.45, 7) is 2.84. The Morgan fingerprint density at radius 3 is 2.89 bits per heavy atom. The highest BCUT2D eigenvalue weighted by Crippen LogP contribution is 2.41. The SMILES string of the molecule is CC1(C2CC2)NC(=O)CCN(Cc2ccoc2)C1=O. The molecule has 102 valence electrons. The van der Waals surface area contributed by atoms with Crippen LogP contribution in [0.2, 0.25) is 0 Å². The zero-order valence-electron chi connectivity index (χ0n) is 11.0. The van der Waals surface area contributed by atoms with Crippen LogP contribution in [0.25, 0.3) is 0 Å². The fourth-order valence-corrected chi connectivity index (χ4v) is 2.76. The molecule has 1 saturated carbocycles. The second-order valence-corrected chi connectivity index (χ2v) is 5.63. The van der Waals surface area contributed by atoms with Crippen LogP contribution in [0.3, 0.4) is 0 Å². The van der Waals surface area contributed by atoms with Gasteiger partial charge >= 0.3 is 0 Å². The molecule has 2 heterocycles. The molecule has 0 bridgehead atoms. The first kappa shape index (κ1) is 12.3. The van der Waals surface area contributed by atoms with E-state index in [4.69, 9.17) is 4.42 Å². The number of hydrogen-bond acceptors (Lipinski definition) is 3. The number of carbonyl (C=O) groups is 2. The lowest BCUT2D eigenvalue weighted by Gasteiger charge is -2.32. The topological polar surface area (TPSA) is 62.6 Å². The molecule has 1 aromatic heterocycles. The minimum Gasteiger partial charge on any atom is -0.472 e. The van der Waals surface area contributed by atoms with E-state index < -0.39 is 5.54 Å². The van der Waals surface area contributed by atoms with Gasteiger partial charge in [0.25, 0.3) is 0 Å². The molecule has 1 N–H and O–H groups in total. The van der Waals surface area contributed by atoms with Crippen LogP contribution in [0, 0.1) is 5.92 Å². The third-order valence-corrected chi connectivity index (χ3v) is 4.09. The van der Waals surface area contributed by atoms with Gasteiger partial charge in [-0.1, -0.05) is 0 Å². The summed E-state index contributed by atoms with van der Waals surface area (Å²) in [5, 5.41) is 2.92. The molecule has 1 aliphatic heterocycles. The van der Waals surface area contributed by atoms with Crippen molar-refractivity contribution in [1.82, 2.24) is 10.2 Å². The lowest BCUT2D eigenvalue weighted by atomic mass is 9.94. The van der Waals surface area contributed by atoms with Crippen molar-refractivity contribution in [2.75, 3.05) is 6.54 Å². The summed E-state index contributed by atoms with van der Waals surface area (Å²) in [4.78, 5) is 26.3. The third kappa shape index (κ3) is 2.25. The van der Waals surface area contributed by atoms with Crippen LogP contribution in [0.15, 0.2) is 23.0 Å². The van der Waals surface area contributed by atoms with Gasteiger partial charge in [-0.2, -0.15) is 0 Å². The zero-order chi connectivity index (χ0) is 13.5. The van der Waals surface area contributed by atoms with Crippen LogP contribution in [0.5, 0.6) is 0 Å². The van der Waals surface area contributed by atoms with Gasteiger partial charge in [0.15, 0.2) is 0 Å². The number of rotatable bonds is 3. The molecule has 1 unspecified atom stereocenters. The van der Waals surface area contributed by atoms with E-state index in [1.54, 1.807) is 17.4 Å². The highest BCUT2D eigenvalue weighted by atomic mass is 16.3. The van der Waals surface area contributed by atoms with E-state index in [0.29, 0.717) is 19.5 Å². The fourth-order valence-electron chi connectivity index (χ4n) is 2.76. The van der Waals surface area contributed by atoms with Crippen LogP contribution in [-0.4, -0.2) is 28.8 Å². The smallest absolute Gasteiger partial charge is 0.248 e. The van der Waals surface area contributed by atoms with Crippen molar-refractivity contribution >= 4 is 11.8 Å². The minimum atomic E-state index is -0.725. The van der Waals surface area contributed by atoms with Gasteiger partial charge in [-0.3, -0.25) is 9.59 Å². The first-order valence-electron chi connectivity index (χ1n) is 6.71. The number of nitrogens with one attached hydrogen (secondary N) is 1. The van der Waals surface area contributed by atoms with E-state index >= 15 is 0 Å². The number of carbonyl (C=O) groups excluding carboxylic acids is 2. The summed E-state index contributed by atoms with van der Waals surface area (Å²) < 4.78 is 5.03. The average Bonchev–Trinajstić information content (AvgIpc) is 3.13. The van der Waals surface area contributed by atoms with Crippen molar-refractivity contribution in [3.8, 4) is 0 Å². The standard InChI is InChI=1S/C14H18N2O3/c1-14(11-2-3-11)13(18)16(6-4-12(17)15-14)8-10-5-7-19-9-10/h5,7,9,11H,2-4,6,8H2,1H3,(H,15,17). The van der Waals surface area contributed by atoms with Gasteiger partial charge < -0.3 is 14.6 Å². The van der Waals surface area contributed by atoms with E-state index in [0.717, 1.165) is 18.4 Å². The molecule has 3 rings (SSSR count). The first-order valence-corrected chi connectivity index (χ1v) is 6.71. The first-order chi connectivity index (χ1) is 9.09. The van der Waals surface area contributed by atoms with Gasteiger partial charge in [-0.25, -0.2) is 0 Å². The summed E-state index contributed by atoms with van der Waals surface area (Å²) in [7, 11) is 0. The maximum atomic E-state index is 12.7. The number of furan rings is 1. The fraction of sp³-hybridized carbons (Fsp3) is 0.571. The summed E-state index contributed by atoms with van der Waals surface area (Å²) in [6.07, 6.45) is 5.64. The Bertz CT molecular complexity index is 493. The van der Waals surface area contributed by atoms with Gasteiger partial charge in [-0.15, -0.1) is 0 Å². The van der Waals surface area contributed by atoms with Crippen molar-refractivity contribution in [1.29, 1.82) is 0 Å². The van der Waals surface area contributed by atoms with E-state index in [9.17, 15) is 9.59 Å². The lowest BCUT2D eigenvalue weighted by molar-refractivity contribution is -0.139. The average molecular weight is 262 g/mol. The van der Waals surface area contributed by atoms with Crippen molar-refractivity contribution in [3.63, 3.8) is 0 Å². The van der Waals surface area contributed by atoms with Crippen molar-refractivity contribution < 1.29 is 14.0 Å². The molecular formula is C14H18N2O3. The second kappa shape index (κ2) is 4.40. The van der Waals surface area contributed by atoms with Gasteiger partial charge in [0.05, 0.1) is 12.5 Å². The summed E-state index contributed by atoms with van der Waals surface area (Å²) in [5.41, 5.74) is 0.234. The minimum absolute atomic E-state index is 0.0297. The van der Waals surface area contributed by atoms with Crippen molar-refractivity contribution in [3.05, 3.63) is 24.2 Å². The Kier molecular flexibility index (Phi) is 2.84. The highest BCUT2D eigenvalue weighted by molar-refractivity contribution is 5.93. The molecule has 5 heteroatoms. The molecule has 0 aromatic carbocycles. The molecule has 1 atom stereocenters. The monoisotopic (exact) mass is 262 g/mol. The van der Waals surface area contributed by atoms with Crippen LogP contribution in [0.1, 0.15) is 31.7 Å². The van der Waals surface area contributed by atoms with E-state index in [1.165, 1.54) is 0 Å². The number of nitrogens with zero attached hydrogens (tertiary/aromatic N) is 1. The zero-order valence-corrected chi connectivity index (χ0v) is 11.0. The van der Waals surface area contributed by atoms with Gasteiger partial charge in [-0.05, 0) is 31.7 Å². The Hall–Kier alpha value is -1.78.